The summed E-state index contributed by atoms with van der Waals surface area (Å²) in [6.07, 6.45) is 0. The zero-order valence-corrected chi connectivity index (χ0v) is 11.4. The Balaban J connectivity index is 2.22. The van der Waals surface area contributed by atoms with E-state index in [4.69, 9.17) is 28.9 Å². The first-order valence-electron chi connectivity index (χ1n) is 5.55. The number of imidazole rings is 1. The molecule has 0 aliphatic rings. The van der Waals surface area contributed by atoms with Gasteiger partial charge >= 0.3 is 0 Å². The SMILES string of the molecule is Nc1c(Cl)cc(-c2nc3c(F)cc(F)cc3[nH]2)cc1Cl. The molecule has 3 aromatic rings. The van der Waals surface area contributed by atoms with Crippen molar-refractivity contribution in [2.45, 2.75) is 0 Å². The molecule has 1 aromatic heterocycles. The van der Waals surface area contributed by atoms with Gasteiger partial charge in [-0.2, -0.15) is 0 Å². The van der Waals surface area contributed by atoms with Crippen molar-refractivity contribution in [1.29, 1.82) is 0 Å². The lowest BCUT2D eigenvalue weighted by molar-refractivity contribution is 0.591. The lowest BCUT2D eigenvalue weighted by Gasteiger charge is -2.03. The number of fused-ring (bicyclic) bond motifs is 1. The third-order valence-electron chi connectivity index (χ3n) is 2.86. The molecule has 1 heterocycles. The van der Waals surface area contributed by atoms with Crippen LogP contribution in [0.5, 0.6) is 0 Å². The number of aromatic nitrogens is 2. The van der Waals surface area contributed by atoms with Crippen LogP contribution in [-0.4, -0.2) is 9.97 Å². The molecule has 0 spiro atoms. The Morgan fingerprint density at radius 2 is 1.70 bits per heavy atom. The van der Waals surface area contributed by atoms with Crippen LogP contribution in [0.15, 0.2) is 24.3 Å². The molecule has 0 aliphatic carbocycles. The number of halogens is 4. The van der Waals surface area contributed by atoms with Gasteiger partial charge in [-0.15, -0.1) is 0 Å². The van der Waals surface area contributed by atoms with Gasteiger partial charge in [0.15, 0.2) is 5.82 Å². The van der Waals surface area contributed by atoms with Gasteiger partial charge in [0.2, 0.25) is 0 Å². The number of H-pyrrole nitrogens is 1. The molecule has 0 saturated heterocycles. The maximum absolute atomic E-state index is 13.6. The maximum Gasteiger partial charge on any atom is 0.153 e. The summed E-state index contributed by atoms with van der Waals surface area (Å²) in [4.78, 5) is 6.90. The minimum absolute atomic E-state index is 0.0467. The molecule has 2 aromatic carbocycles. The Kier molecular flexibility index (Phi) is 3.03. The van der Waals surface area contributed by atoms with Gasteiger partial charge in [-0.25, -0.2) is 13.8 Å². The summed E-state index contributed by atoms with van der Waals surface area (Å²) in [7, 11) is 0. The standard InChI is InChI=1S/C13H7Cl2F2N3/c14-7-1-5(2-8(15)11(7)18)13-19-10-4-6(16)3-9(17)12(10)20-13/h1-4H,18H2,(H,19,20). The Morgan fingerprint density at radius 1 is 1.05 bits per heavy atom. The van der Waals surface area contributed by atoms with E-state index in [0.29, 0.717) is 11.4 Å². The summed E-state index contributed by atoms with van der Waals surface area (Å²) in [5.41, 5.74) is 6.73. The molecule has 3 rings (SSSR count). The highest BCUT2D eigenvalue weighted by Gasteiger charge is 2.13. The van der Waals surface area contributed by atoms with Gasteiger partial charge in [-0.3, -0.25) is 0 Å². The minimum atomic E-state index is -0.741. The van der Waals surface area contributed by atoms with Crippen molar-refractivity contribution in [2.75, 3.05) is 5.73 Å². The van der Waals surface area contributed by atoms with Gasteiger partial charge < -0.3 is 10.7 Å². The van der Waals surface area contributed by atoms with Crippen LogP contribution in [0.4, 0.5) is 14.5 Å². The van der Waals surface area contributed by atoms with Crippen LogP contribution in [0.25, 0.3) is 22.4 Å². The number of nitrogens with one attached hydrogen (secondary N) is 1. The smallest absolute Gasteiger partial charge is 0.153 e. The van der Waals surface area contributed by atoms with E-state index < -0.39 is 11.6 Å². The van der Waals surface area contributed by atoms with Crippen LogP contribution >= 0.6 is 23.2 Å². The van der Waals surface area contributed by atoms with Gasteiger partial charge in [-0.1, -0.05) is 23.2 Å². The van der Waals surface area contributed by atoms with E-state index in [1.807, 2.05) is 0 Å². The first-order chi connectivity index (χ1) is 9.45. The lowest BCUT2D eigenvalue weighted by atomic mass is 10.2. The quantitative estimate of drug-likeness (QED) is 0.654. The van der Waals surface area contributed by atoms with Crippen LogP contribution in [0.2, 0.25) is 10.0 Å². The van der Waals surface area contributed by atoms with Crippen LogP contribution < -0.4 is 5.73 Å². The van der Waals surface area contributed by atoms with E-state index in [9.17, 15) is 8.78 Å². The van der Waals surface area contributed by atoms with E-state index >= 15 is 0 Å². The van der Waals surface area contributed by atoms with Crippen molar-refractivity contribution in [2.24, 2.45) is 0 Å². The van der Waals surface area contributed by atoms with Gasteiger partial charge in [0.05, 0.1) is 21.2 Å². The number of aromatic amines is 1. The fourth-order valence-electron chi connectivity index (χ4n) is 1.90. The summed E-state index contributed by atoms with van der Waals surface area (Å²) in [5.74, 6) is -1.10. The van der Waals surface area contributed by atoms with E-state index in [0.717, 1.165) is 12.1 Å². The summed E-state index contributed by atoms with van der Waals surface area (Å²) >= 11 is 11.9. The molecular formula is C13H7Cl2F2N3. The van der Waals surface area contributed by atoms with Crippen LogP contribution in [0.1, 0.15) is 0 Å². The second kappa shape index (κ2) is 4.61. The Labute approximate surface area is 122 Å². The Morgan fingerprint density at radius 3 is 2.35 bits per heavy atom. The van der Waals surface area contributed by atoms with Crippen LogP contribution in [0, 0.1) is 11.6 Å². The van der Waals surface area contributed by atoms with E-state index in [-0.39, 0.29) is 26.8 Å². The number of rotatable bonds is 1. The molecule has 7 heteroatoms. The number of nitrogens with zero attached hydrogens (tertiary/aromatic N) is 1. The number of benzene rings is 2. The van der Waals surface area contributed by atoms with Crippen molar-refractivity contribution in [1.82, 2.24) is 9.97 Å². The third-order valence-corrected chi connectivity index (χ3v) is 3.48. The molecular weight excluding hydrogens is 307 g/mol. The van der Waals surface area contributed by atoms with Gasteiger partial charge in [0.1, 0.15) is 17.2 Å². The first-order valence-corrected chi connectivity index (χ1v) is 6.31. The van der Waals surface area contributed by atoms with Crippen LogP contribution in [-0.2, 0) is 0 Å². The summed E-state index contributed by atoms with van der Waals surface area (Å²) in [6.45, 7) is 0. The van der Waals surface area contributed by atoms with E-state index in [1.165, 1.54) is 0 Å². The number of nitrogens with two attached hydrogens (primary N) is 1. The predicted octanol–water partition coefficient (Wildman–Crippen LogP) is 4.40. The molecule has 3 nitrogen and oxygen atoms in total. The van der Waals surface area contributed by atoms with Crippen molar-refractivity contribution < 1.29 is 8.78 Å². The number of nitrogen functional groups attached to an aromatic ring is 1. The average molecular weight is 314 g/mol. The largest absolute Gasteiger partial charge is 0.396 e. The van der Waals surface area contributed by atoms with Crippen molar-refractivity contribution in [3.05, 3.63) is 45.9 Å². The normalized spacial score (nSPS) is 11.2. The Hall–Kier alpha value is -1.85. The molecule has 102 valence electrons. The highest BCUT2D eigenvalue weighted by Crippen LogP contribution is 2.33. The molecule has 3 N–H and O–H groups in total. The van der Waals surface area contributed by atoms with E-state index in [1.54, 1.807) is 12.1 Å². The average Bonchev–Trinajstić information content (AvgIpc) is 2.79. The number of hydrogen-bond acceptors (Lipinski definition) is 2. The topological polar surface area (TPSA) is 54.7 Å². The third kappa shape index (κ3) is 2.09. The predicted molar refractivity (Wildman–Crippen MR) is 75.9 cm³/mol. The summed E-state index contributed by atoms with van der Waals surface area (Å²) in [5, 5.41) is 0.527. The van der Waals surface area contributed by atoms with Gasteiger partial charge in [-0.05, 0) is 18.2 Å². The molecule has 0 radical (unpaired) electrons. The summed E-state index contributed by atoms with van der Waals surface area (Å²) in [6, 6.07) is 5.04. The highest BCUT2D eigenvalue weighted by molar-refractivity contribution is 6.39. The molecule has 0 saturated carbocycles. The maximum atomic E-state index is 13.6. The molecule has 0 unspecified atom stereocenters. The van der Waals surface area contributed by atoms with Gasteiger partial charge in [0.25, 0.3) is 0 Å². The Bertz CT molecular complexity index is 807. The first kappa shape index (κ1) is 13.1. The minimum Gasteiger partial charge on any atom is -0.396 e. The molecule has 0 fully saturated rings. The van der Waals surface area contributed by atoms with Crippen molar-refractivity contribution in [3.8, 4) is 11.4 Å². The molecule has 20 heavy (non-hydrogen) atoms. The molecule has 0 amide bonds. The molecule has 0 aliphatic heterocycles. The zero-order chi connectivity index (χ0) is 14.4. The highest BCUT2D eigenvalue weighted by atomic mass is 35.5. The van der Waals surface area contributed by atoms with Crippen molar-refractivity contribution >= 4 is 39.9 Å². The molecule has 0 atom stereocenters. The second-order valence-electron chi connectivity index (χ2n) is 4.22. The zero-order valence-electron chi connectivity index (χ0n) is 9.85. The summed E-state index contributed by atoms with van der Waals surface area (Å²) < 4.78 is 26.7. The number of anilines is 1. The fraction of sp³-hybridized carbons (Fsp3) is 0. The second-order valence-corrected chi connectivity index (χ2v) is 5.04. The van der Waals surface area contributed by atoms with Crippen molar-refractivity contribution in [3.63, 3.8) is 0 Å². The monoisotopic (exact) mass is 313 g/mol. The van der Waals surface area contributed by atoms with Crippen LogP contribution in [0.3, 0.4) is 0 Å². The number of hydrogen-bond donors (Lipinski definition) is 2. The van der Waals surface area contributed by atoms with E-state index in [2.05, 4.69) is 9.97 Å². The fourth-order valence-corrected chi connectivity index (χ4v) is 2.39. The lowest BCUT2D eigenvalue weighted by Crippen LogP contribution is -1.89. The molecule has 0 bridgehead atoms. The van der Waals surface area contributed by atoms with Gasteiger partial charge in [0, 0.05) is 11.6 Å².